The first-order valence-electron chi connectivity index (χ1n) is 5.01. The highest BCUT2D eigenvalue weighted by Crippen LogP contribution is 2.18. The third-order valence-electron chi connectivity index (χ3n) is 2.23. The number of aromatic nitrogens is 3. The molecule has 1 unspecified atom stereocenters. The predicted octanol–water partition coefficient (Wildman–Crippen LogP) is 1.76. The maximum atomic E-state index is 4.12. The van der Waals surface area contributed by atoms with E-state index in [1.807, 2.05) is 0 Å². The van der Waals surface area contributed by atoms with Crippen LogP contribution in [-0.2, 0) is 6.42 Å². The normalized spacial score (nSPS) is 12.9. The second kappa shape index (κ2) is 5.04. The Morgan fingerprint density at radius 3 is 3.13 bits per heavy atom. The van der Waals surface area contributed by atoms with Crippen molar-refractivity contribution in [2.24, 2.45) is 0 Å². The van der Waals surface area contributed by atoms with Crippen molar-refractivity contribution in [2.45, 2.75) is 19.4 Å². The molecule has 15 heavy (non-hydrogen) atoms. The standard InChI is InChI=1S/C10H14N4S/c1-2-11-9(10-7-12-14-13-10)6-8-4-3-5-15-8/h3-5,7,9,11H,2,6H2,1H3,(H,12,13,14). The molecule has 2 aromatic heterocycles. The number of H-pyrrole nitrogens is 1. The van der Waals surface area contributed by atoms with Gasteiger partial charge in [-0.25, -0.2) is 0 Å². The quantitative estimate of drug-likeness (QED) is 0.810. The van der Waals surface area contributed by atoms with Crippen LogP contribution in [0, 0.1) is 0 Å². The predicted molar refractivity (Wildman–Crippen MR) is 60.8 cm³/mol. The van der Waals surface area contributed by atoms with Gasteiger partial charge in [-0.15, -0.1) is 11.3 Å². The molecule has 0 amide bonds. The topological polar surface area (TPSA) is 53.6 Å². The number of rotatable bonds is 5. The van der Waals surface area contributed by atoms with Gasteiger partial charge in [0.05, 0.1) is 17.9 Å². The molecule has 0 aliphatic carbocycles. The van der Waals surface area contributed by atoms with E-state index in [0.29, 0.717) is 0 Å². The van der Waals surface area contributed by atoms with E-state index in [2.05, 4.69) is 45.2 Å². The maximum absolute atomic E-state index is 4.12. The van der Waals surface area contributed by atoms with Crippen LogP contribution in [-0.4, -0.2) is 22.0 Å². The van der Waals surface area contributed by atoms with Crippen LogP contribution in [0.2, 0.25) is 0 Å². The molecule has 2 heterocycles. The average Bonchev–Trinajstić information content (AvgIpc) is 2.89. The van der Waals surface area contributed by atoms with E-state index < -0.39 is 0 Å². The van der Waals surface area contributed by atoms with Gasteiger partial charge in [-0.1, -0.05) is 13.0 Å². The Bertz CT molecular complexity index is 368. The van der Waals surface area contributed by atoms with Crippen LogP contribution in [0.1, 0.15) is 23.5 Å². The average molecular weight is 222 g/mol. The maximum Gasteiger partial charge on any atom is 0.0997 e. The molecule has 0 aliphatic heterocycles. The Hall–Kier alpha value is -1.20. The zero-order chi connectivity index (χ0) is 10.5. The monoisotopic (exact) mass is 222 g/mol. The highest BCUT2D eigenvalue weighted by Gasteiger charge is 2.13. The first-order chi connectivity index (χ1) is 7.40. The fourth-order valence-electron chi connectivity index (χ4n) is 1.54. The fraction of sp³-hybridized carbons (Fsp3) is 0.400. The Balaban J connectivity index is 2.07. The van der Waals surface area contributed by atoms with Crippen molar-refractivity contribution in [3.63, 3.8) is 0 Å². The molecule has 5 heteroatoms. The summed E-state index contributed by atoms with van der Waals surface area (Å²) < 4.78 is 0. The van der Waals surface area contributed by atoms with Crippen molar-refractivity contribution in [1.82, 2.24) is 20.7 Å². The molecule has 2 aromatic rings. The van der Waals surface area contributed by atoms with Gasteiger partial charge in [0.2, 0.25) is 0 Å². The van der Waals surface area contributed by atoms with Crippen LogP contribution in [0.5, 0.6) is 0 Å². The number of aromatic amines is 1. The highest BCUT2D eigenvalue weighted by molar-refractivity contribution is 7.09. The van der Waals surface area contributed by atoms with Crippen molar-refractivity contribution in [1.29, 1.82) is 0 Å². The van der Waals surface area contributed by atoms with Crippen molar-refractivity contribution < 1.29 is 0 Å². The zero-order valence-corrected chi connectivity index (χ0v) is 9.42. The molecular weight excluding hydrogens is 208 g/mol. The largest absolute Gasteiger partial charge is 0.308 e. The summed E-state index contributed by atoms with van der Waals surface area (Å²) in [5.41, 5.74) is 0.977. The molecule has 2 N–H and O–H groups in total. The van der Waals surface area contributed by atoms with Gasteiger partial charge >= 0.3 is 0 Å². The number of thiophene rings is 1. The first-order valence-corrected chi connectivity index (χ1v) is 5.89. The molecule has 80 valence electrons. The van der Waals surface area contributed by atoms with Crippen LogP contribution in [0.4, 0.5) is 0 Å². The van der Waals surface area contributed by atoms with Crippen LogP contribution in [0.3, 0.4) is 0 Å². The lowest BCUT2D eigenvalue weighted by Gasteiger charge is -2.13. The Labute approximate surface area is 92.7 Å². The Kier molecular flexibility index (Phi) is 3.47. The molecule has 0 aromatic carbocycles. The molecule has 0 saturated carbocycles. The molecule has 0 fully saturated rings. The van der Waals surface area contributed by atoms with Crippen LogP contribution >= 0.6 is 11.3 Å². The lowest BCUT2D eigenvalue weighted by molar-refractivity contribution is 0.539. The molecule has 0 radical (unpaired) electrons. The molecule has 0 aliphatic rings. The molecule has 2 rings (SSSR count). The van der Waals surface area contributed by atoms with Gasteiger partial charge in [-0.3, -0.25) is 0 Å². The summed E-state index contributed by atoms with van der Waals surface area (Å²) in [6, 6.07) is 4.48. The van der Waals surface area contributed by atoms with Gasteiger partial charge in [0.1, 0.15) is 0 Å². The molecule has 0 saturated heterocycles. The smallest absolute Gasteiger partial charge is 0.0997 e. The first kappa shape index (κ1) is 10.3. The zero-order valence-electron chi connectivity index (χ0n) is 8.60. The van der Waals surface area contributed by atoms with Crippen LogP contribution in [0.15, 0.2) is 23.7 Å². The highest BCUT2D eigenvalue weighted by atomic mass is 32.1. The summed E-state index contributed by atoms with van der Waals surface area (Å²) in [6.45, 7) is 3.03. The number of hydrogen-bond acceptors (Lipinski definition) is 4. The van der Waals surface area contributed by atoms with Crippen LogP contribution < -0.4 is 5.32 Å². The summed E-state index contributed by atoms with van der Waals surface area (Å²) in [4.78, 5) is 1.36. The van der Waals surface area contributed by atoms with Crippen LogP contribution in [0.25, 0.3) is 0 Å². The van der Waals surface area contributed by atoms with Crippen molar-refractivity contribution in [3.8, 4) is 0 Å². The summed E-state index contributed by atoms with van der Waals surface area (Å²) in [6.07, 6.45) is 2.75. The molecular formula is C10H14N4S. The van der Waals surface area contributed by atoms with Crippen molar-refractivity contribution in [2.75, 3.05) is 6.54 Å². The summed E-state index contributed by atoms with van der Waals surface area (Å²) in [5.74, 6) is 0. The Morgan fingerprint density at radius 1 is 1.60 bits per heavy atom. The lowest BCUT2D eigenvalue weighted by Crippen LogP contribution is -2.23. The second-order valence-electron chi connectivity index (χ2n) is 3.29. The van der Waals surface area contributed by atoms with E-state index >= 15 is 0 Å². The second-order valence-corrected chi connectivity index (χ2v) is 4.32. The van der Waals surface area contributed by atoms with E-state index in [4.69, 9.17) is 0 Å². The van der Waals surface area contributed by atoms with Crippen molar-refractivity contribution >= 4 is 11.3 Å². The number of likely N-dealkylation sites (N-methyl/N-ethyl adjacent to an activating group) is 1. The minimum absolute atomic E-state index is 0.257. The van der Waals surface area contributed by atoms with Gasteiger partial charge in [0.25, 0.3) is 0 Å². The minimum atomic E-state index is 0.257. The number of hydrogen-bond donors (Lipinski definition) is 2. The van der Waals surface area contributed by atoms with E-state index in [-0.39, 0.29) is 6.04 Å². The summed E-state index contributed by atoms with van der Waals surface area (Å²) in [7, 11) is 0. The molecule has 4 nitrogen and oxygen atoms in total. The van der Waals surface area contributed by atoms with Gasteiger partial charge < -0.3 is 5.32 Å². The Morgan fingerprint density at radius 2 is 2.53 bits per heavy atom. The summed E-state index contributed by atoms with van der Waals surface area (Å²) >= 11 is 1.78. The van der Waals surface area contributed by atoms with Gasteiger partial charge in [0.15, 0.2) is 0 Å². The number of nitrogens with one attached hydrogen (secondary N) is 2. The molecule has 0 spiro atoms. The van der Waals surface area contributed by atoms with Gasteiger partial charge in [-0.05, 0) is 18.0 Å². The molecule has 1 atom stereocenters. The van der Waals surface area contributed by atoms with E-state index in [9.17, 15) is 0 Å². The van der Waals surface area contributed by atoms with Gasteiger partial charge in [0, 0.05) is 11.3 Å². The molecule has 0 bridgehead atoms. The fourth-order valence-corrected chi connectivity index (χ4v) is 2.29. The third-order valence-corrected chi connectivity index (χ3v) is 3.13. The lowest BCUT2D eigenvalue weighted by atomic mass is 10.1. The van der Waals surface area contributed by atoms with Gasteiger partial charge in [-0.2, -0.15) is 15.4 Å². The minimum Gasteiger partial charge on any atom is -0.308 e. The van der Waals surface area contributed by atoms with Crippen molar-refractivity contribution in [3.05, 3.63) is 34.3 Å². The summed E-state index contributed by atoms with van der Waals surface area (Å²) in [5, 5.41) is 16.1. The SMILES string of the molecule is CCNC(Cc1cccs1)c1cn[nH]n1. The van der Waals surface area contributed by atoms with E-state index in [0.717, 1.165) is 18.7 Å². The van der Waals surface area contributed by atoms with E-state index in [1.54, 1.807) is 17.5 Å². The number of nitrogens with zero attached hydrogens (tertiary/aromatic N) is 2. The third kappa shape index (κ3) is 2.64. The van der Waals surface area contributed by atoms with E-state index in [1.165, 1.54) is 4.88 Å².